The summed E-state index contributed by atoms with van der Waals surface area (Å²) in [6.45, 7) is 3.54. The molecular formula is C18H17FN4O2. The van der Waals surface area contributed by atoms with E-state index < -0.39 is 5.82 Å². The first-order valence-corrected chi connectivity index (χ1v) is 7.72. The fourth-order valence-electron chi connectivity index (χ4n) is 2.34. The topological polar surface area (TPSA) is 79.9 Å². The largest absolute Gasteiger partial charge is 0.453 e. The number of rotatable bonds is 5. The van der Waals surface area contributed by atoms with Crippen molar-refractivity contribution in [3.05, 3.63) is 71.6 Å². The molecule has 0 bridgehead atoms. The molecule has 1 atom stereocenters. The zero-order valence-electron chi connectivity index (χ0n) is 13.8. The fourth-order valence-corrected chi connectivity index (χ4v) is 2.34. The Morgan fingerprint density at radius 1 is 1.32 bits per heavy atom. The SMILES string of the molecule is Cc1[nH]ncc1C(=O)N[C@H](C)c1ccc(Oc2cccnc2)c(F)c1. The second-order valence-corrected chi connectivity index (χ2v) is 5.58. The quantitative estimate of drug-likeness (QED) is 0.744. The highest BCUT2D eigenvalue weighted by Gasteiger charge is 2.16. The van der Waals surface area contributed by atoms with Gasteiger partial charge in [-0.3, -0.25) is 14.9 Å². The summed E-state index contributed by atoms with van der Waals surface area (Å²) >= 11 is 0. The van der Waals surface area contributed by atoms with E-state index in [0.717, 1.165) is 0 Å². The summed E-state index contributed by atoms with van der Waals surface area (Å²) in [7, 11) is 0. The summed E-state index contributed by atoms with van der Waals surface area (Å²) in [4.78, 5) is 16.1. The number of aryl methyl sites for hydroxylation is 1. The van der Waals surface area contributed by atoms with E-state index >= 15 is 0 Å². The van der Waals surface area contributed by atoms with Gasteiger partial charge in [-0.2, -0.15) is 5.10 Å². The maximum Gasteiger partial charge on any atom is 0.255 e. The van der Waals surface area contributed by atoms with Crippen LogP contribution in [0.15, 0.2) is 48.9 Å². The number of hydrogen-bond donors (Lipinski definition) is 2. The Bertz CT molecular complexity index is 880. The normalized spacial score (nSPS) is 11.8. The molecule has 0 aliphatic heterocycles. The zero-order chi connectivity index (χ0) is 17.8. The van der Waals surface area contributed by atoms with Crippen molar-refractivity contribution in [1.82, 2.24) is 20.5 Å². The monoisotopic (exact) mass is 340 g/mol. The van der Waals surface area contributed by atoms with Crippen molar-refractivity contribution in [3.8, 4) is 11.5 Å². The molecule has 0 spiro atoms. The molecule has 128 valence electrons. The molecule has 2 heterocycles. The second-order valence-electron chi connectivity index (χ2n) is 5.58. The fraction of sp³-hybridized carbons (Fsp3) is 0.167. The highest BCUT2D eigenvalue weighted by Crippen LogP contribution is 2.26. The predicted octanol–water partition coefficient (Wildman–Crippen LogP) is 3.54. The molecule has 25 heavy (non-hydrogen) atoms. The van der Waals surface area contributed by atoms with Gasteiger partial charge < -0.3 is 10.1 Å². The van der Waals surface area contributed by atoms with Crippen molar-refractivity contribution in [1.29, 1.82) is 0 Å². The van der Waals surface area contributed by atoms with E-state index in [1.807, 2.05) is 0 Å². The van der Waals surface area contributed by atoms with E-state index in [0.29, 0.717) is 22.6 Å². The third-order valence-corrected chi connectivity index (χ3v) is 3.74. The number of amides is 1. The lowest BCUT2D eigenvalue weighted by Gasteiger charge is -2.15. The molecule has 1 amide bonds. The van der Waals surface area contributed by atoms with Gasteiger partial charge in [0.25, 0.3) is 5.91 Å². The number of H-pyrrole nitrogens is 1. The zero-order valence-corrected chi connectivity index (χ0v) is 13.8. The smallest absolute Gasteiger partial charge is 0.255 e. The van der Waals surface area contributed by atoms with Crippen molar-refractivity contribution < 1.29 is 13.9 Å². The van der Waals surface area contributed by atoms with Gasteiger partial charge in [-0.1, -0.05) is 6.07 Å². The molecule has 7 heteroatoms. The first kappa shape index (κ1) is 16.6. The molecule has 1 aromatic carbocycles. The Labute approximate surface area is 144 Å². The van der Waals surface area contributed by atoms with Crippen LogP contribution in [0, 0.1) is 12.7 Å². The number of nitrogens with zero attached hydrogens (tertiary/aromatic N) is 2. The Hall–Kier alpha value is -3.22. The van der Waals surface area contributed by atoms with Gasteiger partial charge in [0.1, 0.15) is 5.75 Å². The highest BCUT2D eigenvalue weighted by molar-refractivity contribution is 5.95. The number of aromatic nitrogens is 3. The number of aromatic amines is 1. The lowest BCUT2D eigenvalue weighted by atomic mass is 10.1. The molecule has 3 aromatic rings. The van der Waals surface area contributed by atoms with Gasteiger partial charge in [-0.25, -0.2) is 4.39 Å². The minimum Gasteiger partial charge on any atom is -0.453 e. The van der Waals surface area contributed by atoms with E-state index in [1.54, 1.807) is 38.2 Å². The summed E-state index contributed by atoms with van der Waals surface area (Å²) in [5, 5.41) is 9.35. The summed E-state index contributed by atoms with van der Waals surface area (Å²) in [6, 6.07) is 7.61. The van der Waals surface area contributed by atoms with Crippen LogP contribution in [0.1, 0.15) is 34.6 Å². The van der Waals surface area contributed by atoms with Gasteiger partial charge in [0.15, 0.2) is 11.6 Å². The van der Waals surface area contributed by atoms with Gasteiger partial charge in [0, 0.05) is 11.9 Å². The van der Waals surface area contributed by atoms with Crippen molar-refractivity contribution in [2.24, 2.45) is 0 Å². The van der Waals surface area contributed by atoms with Crippen LogP contribution in [0.5, 0.6) is 11.5 Å². The van der Waals surface area contributed by atoms with E-state index in [-0.39, 0.29) is 17.7 Å². The summed E-state index contributed by atoms with van der Waals surface area (Å²) in [5.41, 5.74) is 1.77. The van der Waals surface area contributed by atoms with E-state index in [2.05, 4.69) is 20.5 Å². The summed E-state index contributed by atoms with van der Waals surface area (Å²) < 4.78 is 19.8. The predicted molar refractivity (Wildman–Crippen MR) is 89.9 cm³/mol. The molecule has 2 aromatic heterocycles. The molecule has 3 rings (SSSR count). The average Bonchev–Trinajstić information content (AvgIpc) is 3.03. The Morgan fingerprint density at radius 2 is 2.16 bits per heavy atom. The van der Waals surface area contributed by atoms with Gasteiger partial charge >= 0.3 is 0 Å². The van der Waals surface area contributed by atoms with Gasteiger partial charge in [0.2, 0.25) is 0 Å². The Morgan fingerprint density at radius 3 is 2.80 bits per heavy atom. The first-order valence-electron chi connectivity index (χ1n) is 7.72. The number of pyridine rings is 1. The molecule has 0 radical (unpaired) electrons. The number of carbonyl (C=O) groups is 1. The molecule has 0 saturated carbocycles. The van der Waals surface area contributed by atoms with E-state index in [9.17, 15) is 9.18 Å². The molecule has 0 aliphatic rings. The van der Waals surface area contributed by atoms with Crippen LogP contribution >= 0.6 is 0 Å². The maximum atomic E-state index is 14.3. The lowest BCUT2D eigenvalue weighted by Crippen LogP contribution is -2.27. The molecule has 0 unspecified atom stereocenters. The third-order valence-electron chi connectivity index (χ3n) is 3.74. The maximum absolute atomic E-state index is 14.3. The Balaban J connectivity index is 1.71. The van der Waals surface area contributed by atoms with Crippen LogP contribution in [-0.2, 0) is 0 Å². The molecule has 0 saturated heterocycles. The molecule has 0 aliphatic carbocycles. The molecule has 2 N–H and O–H groups in total. The van der Waals surface area contributed by atoms with Crippen LogP contribution < -0.4 is 10.1 Å². The number of ether oxygens (including phenoxy) is 1. The van der Waals surface area contributed by atoms with Crippen LogP contribution in [0.2, 0.25) is 0 Å². The Kier molecular flexibility index (Phi) is 4.74. The molecule has 6 nitrogen and oxygen atoms in total. The molecular weight excluding hydrogens is 323 g/mol. The lowest BCUT2D eigenvalue weighted by molar-refractivity contribution is 0.0939. The molecule has 0 fully saturated rings. The number of nitrogens with one attached hydrogen (secondary N) is 2. The minimum atomic E-state index is -0.512. The number of halogens is 1. The minimum absolute atomic E-state index is 0.0981. The van der Waals surface area contributed by atoms with Gasteiger partial charge in [-0.05, 0) is 43.7 Å². The van der Waals surface area contributed by atoms with Crippen LogP contribution in [0.4, 0.5) is 4.39 Å². The van der Waals surface area contributed by atoms with Crippen LogP contribution in [0.25, 0.3) is 0 Å². The van der Waals surface area contributed by atoms with Crippen molar-refractivity contribution >= 4 is 5.91 Å². The van der Waals surface area contributed by atoms with E-state index in [4.69, 9.17) is 4.74 Å². The van der Waals surface area contributed by atoms with Gasteiger partial charge in [-0.15, -0.1) is 0 Å². The number of hydrogen-bond acceptors (Lipinski definition) is 4. The second kappa shape index (κ2) is 7.12. The van der Waals surface area contributed by atoms with Gasteiger partial charge in [0.05, 0.1) is 24.0 Å². The average molecular weight is 340 g/mol. The van der Waals surface area contributed by atoms with Crippen molar-refractivity contribution in [2.45, 2.75) is 19.9 Å². The number of benzene rings is 1. The standard InChI is InChI=1S/C18H17FN4O2/c1-11(22-18(24)15-10-21-23-12(15)2)13-5-6-17(16(19)8-13)25-14-4-3-7-20-9-14/h3-11H,1-2H3,(H,21,23)(H,22,24)/t11-/m1/s1. The van der Waals surface area contributed by atoms with Crippen molar-refractivity contribution in [2.75, 3.05) is 0 Å². The van der Waals surface area contributed by atoms with E-state index in [1.165, 1.54) is 24.5 Å². The van der Waals surface area contributed by atoms with Crippen LogP contribution in [0.3, 0.4) is 0 Å². The van der Waals surface area contributed by atoms with Crippen LogP contribution in [-0.4, -0.2) is 21.1 Å². The summed E-state index contributed by atoms with van der Waals surface area (Å²) in [5.74, 6) is -0.233. The van der Waals surface area contributed by atoms with Crippen molar-refractivity contribution in [3.63, 3.8) is 0 Å². The third kappa shape index (κ3) is 3.82. The summed E-state index contributed by atoms with van der Waals surface area (Å²) in [6.07, 6.45) is 4.57. The number of carbonyl (C=O) groups excluding carboxylic acids is 1. The highest BCUT2D eigenvalue weighted by atomic mass is 19.1. The first-order chi connectivity index (χ1) is 12.0.